The number of halogens is 1. The summed E-state index contributed by atoms with van der Waals surface area (Å²) < 4.78 is 0. The van der Waals surface area contributed by atoms with Crippen molar-refractivity contribution in [3.8, 4) is 11.1 Å². The summed E-state index contributed by atoms with van der Waals surface area (Å²) in [6.07, 6.45) is 5.66. The van der Waals surface area contributed by atoms with Gasteiger partial charge in [0.15, 0.2) is 5.78 Å². The normalized spacial score (nSPS) is 16.2. The number of hydrogen-bond acceptors (Lipinski definition) is 3. The highest BCUT2D eigenvalue weighted by Crippen LogP contribution is 2.36. The number of benzene rings is 3. The predicted molar refractivity (Wildman–Crippen MR) is 130 cm³/mol. The van der Waals surface area contributed by atoms with Gasteiger partial charge in [-0.15, -0.1) is 0 Å². The van der Waals surface area contributed by atoms with Crippen molar-refractivity contribution in [2.45, 2.75) is 19.8 Å². The van der Waals surface area contributed by atoms with Gasteiger partial charge in [0.25, 0.3) is 0 Å². The van der Waals surface area contributed by atoms with Gasteiger partial charge in [0.2, 0.25) is 0 Å². The van der Waals surface area contributed by atoms with Gasteiger partial charge in [-0.2, -0.15) is 0 Å². The van der Waals surface area contributed by atoms with E-state index in [0.29, 0.717) is 17.0 Å². The molecule has 1 aliphatic rings. The second kappa shape index (κ2) is 10.1. The van der Waals surface area contributed by atoms with Crippen LogP contribution in [0.1, 0.15) is 34.3 Å². The first kappa shape index (κ1) is 22.2. The first-order chi connectivity index (χ1) is 15.5. The summed E-state index contributed by atoms with van der Waals surface area (Å²) in [5, 5.41) is 9.83. The molecule has 0 fully saturated rings. The quantitative estimate of drug-likeness (QED) is 0.234. The van der Waals surface area contributed by atoms with Crippen LogP contribution in [0, 0.1) is 12.8 Å². The van der Waals surface area contributed by atoms with E-state index in [1.807, 2.05) is 48.5 Å². The molecule has 0 spiro atoms. The lowest BCUT2D eigenvalue weighted by molar-refractivity contribution is -0.234. The van der Waals surface area contributed by atoms with E-state index in [2.05, 4.69) is 48.2 Å². The smallest absolute Gasteiger partial charge is 0.189 e. The molecular weight excluding hydrogens is 420 g/mol. The number of aryl methyl sites for hydroxylation is 1. The van der Waals surface area contributed by atoms with Gasteiger partial charge in [-0.25, -0.2) is 4.89 Å². The Kier molecular flexibility index (Phi) is 7.01. The highest BCUT2D eigenvalue weighted by Gasteiger charge is 2.28. The van der Waals surface area contributed by atoms with Crippen LogP contribution in [0.25, 0.3) is 17.2 Å². The molecule has 0 aliphatic heterocycles. The van der Waals surface area contributed by atoms with Crippen molar-refractivity contribution in [1.82, 2.24) is 0 Å². The van der Waals surface area contributed by atoms with Crippen LogP contribution in [0.2, 0.25) is 5.02 Å². The number of carbonyl (C=O) groups is 1. The molecule has 0 heterocycles. The summed E-state index contributed by atoms with van der Waals surface area (Å²) in [6, 6.07) is 23.5. The average molecular weight is 445 g/mol. The fraction of sp³-hybridized carbons (Fsp3) is 0.179. The second-order valence-electron chi connectivity index (χ2n) is 8.11. The minimum absolute atomic E-state index is 0.00839. The molecule has 0 bridgehead atoms. The van der Waals surface area contributed by atoms with Crippen LogP contribution in [-0.2, 0) is 4.89 Å². The van der Waals surface area contributed by atoms with Crippen LogP contribution in [0.5, 0.6) is 0 Å². The number of ketones is 1. The van der Waals surface area contributed by atoms with Crippen LogP contribution in [-0.4, -0.2) is 17.6 Å². The van der Waals surface area contributed by atoms with Gasteiger partial charge in [0.1, 0.15) is 6.61 Å². The zero-order valence-corrected chi connectivity index (χ0v) is 18.7. The third kappa shape index (κ3) is 5.08. The van der Waals surface area contributed by atoms with Gasteiger partial charge in [-0.1, -0.05) is 90.0 Å². The fourth-order valence-electron chi connectivity index (χ4n) is 4.13. The first-order valence-electron chi connectivity index (χ1n) is 10.7. The molecule has 0 radical (unpaired) electrons. The Hall–Kier alpha value is -2.98. The zero-order chi connectivity index (χ0) is 22.5. The molecule has 3 aromatic carbocycles. The molecule has 0 amide bonds. The van der Waals surface area contributed by atoms with Gasteiger partial charge >= 0.3 is 0 Å². The minimum atomic E-state index is -0.00839. The number of carbonyl (C=O) groups excluding carboxylic acids is 1. The predicted octanol–water partition coefficient (Wildman–Crippen LogP) is 7.41. The molecule has 3 nitrogen and oxygen atoms in total. The van der Waals surface area contributed by atoms with Crippen molar-refractivity contribution in [1.29, 1.82) is 0 Å². The standard InChI is InChI=1S/C28H25ClO3/c1-19-2-4-20(5-3-19)6-7-23-14-17-26(27(23)18-32-31)28(30)24-10-8-21(9-11-24)22-12-15-25(29)16-13-22/h2-13,15-16,23,31H,14,17-18H2,1H3/b7-6+. The van der Waals surface area contributed by atoms with Crippen LogP contribution in [0.3, 0.4) is 0 Å². The lowest BCUT2D eigenvalue weighted by Gasteiger charge is -2.11. The van der Waals surface area contributed by atoms with E-state index in [4.69, 9.17) is 16.9 Å². The number of Topliss-reactive ketones (excluding diaryl/α,β-unsaturated/α-hetero) is 1. The second-order valence-corrected chi connectivity index (χ2v) is 8.54. The van der Waals surface area contributed by atoms with E-state index in [-0.39, 0.29) is 18.3 Å². The molecule has 32 heavy (non-hydrogen) atoms. The maximum absolute atomic E-state index is 13.2. The molecule has 0 aromatic heterocycles. The molecule has 4 rings (SSSR count). The summed E-state index contributed by atoms with van der Waals surface area (Å²) in [6.45, 7) is 2.09. The largest absolute Gasteiger partial charge is 0.289 e. The van der Waals surface area contributed by atoms with Gasteiger partial charge in [0.05, 0.1) is 0 Å². The maximum atomic E-state index is 13.2. The molecule has 0 saturated heterocycles. The van der Waals surface area contributed by atoms with Crippen molar-refractivity contribution >= 4 is 23.5 Å². The fourth-order valence-corrected chi connectivity index (χ4v) is 4.26. The number of allylic oxidation sites excluding steroid dienone is 2. The van der Waals surface area contributed by atoms with Gasteiger partial charge in [-0.05, 0) is 54.2 Å². The summed E-state index contributed by atoms with van der Waals surface area (Å²) in [7, 11) is 0. The molecule has 4 heteroatoms. The monoisotopic (exact) mass is 444 g/mol. The Morgan fingerprint density at radius 1 is 1.00 bits per heavy atom. The van der Waals surface area contributed by atoms with Crippen molar-refractivity contribution in [3.63, 3.8) is 0 Å². The molecular formula is C28H25ClO3. The SMILES string of the molecule is Cc1ccc(/C=C/C2CCC(C(=O)c3ccc(-c4ccc(Cl)cc4)cc3)=C2COO)cc1. The van der Waals surface area contributed by atoms with Crippen molar-refractivity contribution in [2.24, 2.45) is 5.92 Å². The number of hydrogen-bond donors (Lipinski definition) is 1. The average Bonchev–Trinajstić information content (AvgIpc) is 3.21. The lowest BCUT2D eigenvalue weighted by atomic mass is 9.95. The Balaban J connectivity index is 1.55. The summed E-state index contributed by atoms with van der Waals surface area (Å²) >= 11 is 5.97. The highest BCUT2D eigenvalue weighted by molar-refractivity contribution is 6.30. The minimum Gasteiger partial charge on any atom is -0.289 e. The first-order valence-corrected chi connectivity index (χ1v) is 11.1. The summed E-state index contributed by atoms with van der Waals surface area (Å²) in [5.74, 6) is 0.0571. The van der Waals surface area contributed by atoms with E-state index in [1.165, 1.54) is 5.56 Å². The van der Waals surface area contributed by atoms with Crippen LogP contribution in [0.15, 0.2) is 90.0 Å². The van der Waals surface area contributed by atoms with Crippen molar-refractivity contribution in [2.75, 3.05) is 6.61 Å². The molecule has 1 unspecified atom stereocenters. The topological polar surface area (TPSA) is 46.5 Å². The third-order valence-electron chi connectivity index (χ3n) is 5.96. The highest BCUT2D eigenvalue weighted by atomic mass is 35.5. The summed E-state index contributed by atoms with van der Waals surface area (Å²) in [5.41, 5.74) is 6.61. The Labute approximate surface area is 193 Å². The van der Waals surface area contributed by atoms with Crippen LogP contribution >= 0.6 is 11.6 Å². The van der Waals surface area contributed by atoms with E-state index in [0.717, 1.165) is 34.3 Å². The third-order valence-corrected chi connectivity index (χ3v) is 6.21. The van der Waals surface area contributed by atoms with Crippen LogP contribution < -0.4 is 0 Å². The Morgan fingerprint density at radius 3 is 2.25 bits per heavy atom. The molecule has 1 atom stereocenters. The molecule has 1 aliphatic carbocycles. The molecule has 3 aromatic rings. The van der Waals surface area contributed by atoms with E-state index in [9.17, 15) is 4.79 Å². The zero-order valence-electron chi connectivity index (χ0n) is 17.9. The van der Waals surface area contributed by atoms with Gasteiger partial charge < -0.3 is 0 Å². The molecule has 1 N–H and O–H groups in total. The molecule has 0 saturated carbocycles. The Bertz CT molecular complexity index is 1140. The van der Waals surface area contributed by atoms with Crippen molar-refractivity contribution < 1.29 is 14.9 Å². The van der Waals surface area contributed by atoms with E-state index >= 15 is 0 Å². The van der Waals surface area contributed by atoms with E-state index in [1.54, 1.807) is 0 Å². The van der Waals surface area contributed by atoms with E-state index < -0.39 is 0 Å². The Morgan fingerprint density at radius 2 is 1.62 bits per heavy atom. The van der Waals surface area contributed by atoms with Gasteiger partial charge in [-0.3, -0.25) is 10.1 Å². The van der Waals surface area contributed by atoms with Crippen molar-refractivity contribution in [3.05, 3.63) is 112 Å². The lowest BCUT2D eigenvalue weighted by Crippen LogP contribution is -2.08. The molecule has 162 valence electrons. The summed E-state index contributed by atoms with van der Waals surface area (Å²) in [4.78, 5) is 17.7. The van der Waals surface area contributed by atoms with Gasteiger partial charge in [0, 0.05) is 22.1 Å². The maximum Gasteiger partial charge on any atom is 0.189 e. The number of rotatable bonds is 7. The van der Waals surface area contributed by atoms with Crippen LogP contribution in [0.4, 0.5) is 0 Å².